The molecule has 1 unspecified atom stereocenters. The van der Waals surface area contributed by atoms with Crippen LogP contribution in [0.25, 0.3) is 0 Å². The third-order valence-electron chi connectivity index (χ3n) is 4.89. The number of piperazine rings is 1. The summed E-state index contributed by atoms with van der Waals surface area (Å²) in [5.41, 5.74) is 1.70. The molecule has 0 radical (unpaired) electrons. The molecule has 3 rings (SSSR count). The second kappa shape index (κ2) is 8.83. The highest BCUT2D eigenvalue weighted by Crippen LogP contribution is 2.29. The predicted molar refractivity (Wildman–Crippen MR) is 111 cm³/mol. The molecule has 1 atom stereocenters. The lowest BCUT2D eigenvalue weighted by Crippen LogP contribution is -2.52. The number of amides is 1. The van der Waals surface area contributed by atoms with Crippen LogP contribution in [0, 0.1) is 0 Å². The van der Waals surface area contributed by atoms with Crippen molar-refractivity contribution in [3.8, 4) is 5.75 Å². The van der Waals surface area contributed by atoms with Crippen LogP contribution >= 0.6 is 23.2 Å². The number of hydrogen-bond acceptors (Lipinski definition) is 4. The lowest BCUT2D eigenvalue weighted by molar-refractivity contribution is -0.120. The molecule has 1 aliphatic heterocycles. The Balaban J connectivity index is 1.56. The topological polar surface area (TPSA) is 44.8 Å². The summed E-state index contributed by atoms with van der Waals surface area (Å²) in [6.45, 7) is 5.26. The summed E-state index contributed by atoms with van der Waals surface area (Å²) in [4.78, 5) is 17.1. The molecule has 1 saturated heterocycles. The zero-order valence-electron chi connectivity index (χ0n) is 15.4. The molecule has 1 heterocycles. The summed E-state index contributed by atoms with van der Waals surface area (Å²) in [6.07, 6.45) is 0. The lowest BCUT2D eigenvalue weighted by Gasteiger charge is -2.38. The van der Waals surface area contributed by atoms with Crippen LogP contribution in [0.5, 0.6) is 5.75 Å². The molecule has 5 nitrogen and oxygen atoms in total. The highest BCUT2D eigenvalue weighted by Gasteiger charge is 2.26. The van der Waals surface area contributed by atoms with Gasteiger partial charge >= 0.3 is 0 Å². The maximum atomic E-state index is 12.6. The summed E-state index contributed by atoms with van der Waals surface area (Å²) < 4.78 is 5.21. The van der Waals surface area contributed by atoms with Gasteiger partial charge in [-0.2, -0.15) is 0 Å². The lowest BCUT2D eigenvalue weighted by atomic mass is 10.2. The molecule has 1 fully saturated rings. The van der Waals surface area contributed by atoms with Crippen molar-refractivity contribution < 1.29 is 9.53 Å². The number of rotatable bonds is 5. The number of methoxy groups -OCH3 is 1. The summed E-state index contributed by atoms with van der Waals surface area (Å²) >= 11 is 12.2. The number of ether oxygens (including phenoxy) is 1. The zero-order valence-corrected chi connectivity index (χ0v) is 16.9. The van der Waals surface area contributed by atoms with Gasteiger partial charge in [-0.15, -0.1) is 0 Å². The van der Waals surface area contributed by atoms with Gasteiger partial charge in [0, 0.05) is 31.9 Å². The first-order chi connectivity index (χ1) is 13.0. The highest BCUT2D eigenvalue weighted by molar-refractivity contribution is 6.44. The number of benzene rings is 2. The second-order valence-corrected chi connectivity index (χ2v) is 7.27. The molecule has 7 heteroatoms. The number of nitrogens with one attached hydrogen (secondary N) is 1. The van der Waals surface area contributed by atoms with Crippen molar-refractivity contribution in [3.63, 3.8) is 0 Å². The van der Waals surface area contributed by atoms with Crippen LogP contribution in [0.2, 0.25) is 10.0 Å². The SMILES string of the molecule is COc1ccc(N2CCN(C(C)C(=O)Nc3cccc(Cl)c3Cl)CC2)cc1. The first-order valence-corrected chi connectivity index (χ1v) is 9.63. The first-order valence-electron chi connectivity index (χ1n) is 8.87. The Bertz CT molecular complexity index is 790. The van der Waals surface area contributed by atoms with Crippen molar-refractivity contribution in [2.75, 3.05) is 43.5 Å². The van der Waals surface area contributed by atoms with Gasteiger partial charge in [0.15, 0.2) is 0 Å². The largest absolute Gasteiger partial charge is 0.497 e. The van der Waals surface area contributed by atoms with Gasteiger partial charge in [-0.25, -0.2) is 0 Å². The summed E-state index contributed by atoms with van der Waals surface area (Å²) in [6, 6.07) is 13.0. The highest BCUT2D eigenvalue weighted by atomic mass is 35.5. The molecular formula is C20H23Cl2N3O2. The normalized spacial score (nSPS) is 16.1. The first kappa shape index (κ1) is 19.8. The van der Waals surface area contributed by atoms with Crippen LogP contribution in [-0.2, 0) is 4.79 Å². The Morgan fingerprint density at radius 1 is 1.07 bits per heavy atom. The predicted octanol–water partition coefficient (Wildman–Crippen LogP) is 4.15. The molecule has 0 aromatic heterocycles. The molecule has 0 saturated carbocycles. The average molecular weight is 408 g/mol. The fourth-order valence-corrected chi connectivity index (χ4v) is 3.51. The van der Waals surface area contributed by atoms with E-state index in [-0.39, 0.29) is 11.9 Å². The van der Waals surface area contributed by atoms with Crippen LogP contribution in [0.4, 0.5) is 11.4 Å². The molecular weight excluding hydrogens is 385 g/mol. The Hall–Kier alpha value is -1.95. The monoisotopic (exact) mass is 407 g/mol. The number of carbonyl (C=O) groups is 1. The van der Waals surface area contributed by atoms with Gasteiger partial charge in [0.25, 0.3) is 0 Å². The Labute approximate surface area is 169 Å². The summed E-state index contributed by atoms with van der Waals surface area (Å²) in [5.74, 6) is 0.763. The third-order valence-corrected chi connectivity index (χ3v) is 5.71. The smallest absolute Gasteiger partial charge is 0.241 e. The summed E-state index contributed by atoms with van der Waals surface area (Å²) in [5, 5.41) is 3.67. The fraction of sp³-hybridized carbons (Fsp3) is 0.350. The molecule has 2 aromatic carbocycles. The van der Waals surface area contributed by atoms with Crippen LogP contribution < -0.4 is 15.0 Å². The van der Waals surface area contributed by atoms with Gasteiger partial charge < -0.3 is 15.0 Å². The summed E-state index contributed by atoms with van der Waals surface area (Å²) in [7, 11) is 1.66. The van der Waals surface area contributed by atoms with Crippen molar-refractivity contribution in [1.82, 2.24) is 4.90 Å². The van der Waals surface area contributed by atoms with E-state index in [0.29, 0.717) is 15.7 Å². The van der Waals surface area contributed by atoms with Gasteiger partial charge in [-0.3, -0.25) is 9.69 Å². The molecule has 0 aliphatic carbocycles. The van der Waals surface area contributed by atoms with Crippen molar-refractivity contribution >= 4 is 40.5 Å². The maximum Gasteiger partial charge on any atom is 0.241 e. The van der Waals surface area contributed by atoms with Crippen molar-refractivity contribution in [1.29, 1.82) is 0 Å². The van der Waals surface area contributed by atoms with Crippen LogP contribution in [0.15, 0.2) is 42.5 Å². The van der Waals surface area contributed by atoms with Crippen molar-refractivity contribution in [3.05, 3.63) is 52.5 Å². The van der Waals surface area contributed by atoms with Gasteiger partial charge in [-0.1, -0.05) is 29.3 Å². The van der Waals surface area contributed by atoms with E-state index >= 15 is 0 Å². The van der Waals surface area contributed by atoms with Gasteiger partial charge in [0.2, 0.25) is 5.91 Å². The number of anilines is 2. The third kappa shape index (κ3) is 4.67. The van der Waals surface area contributed by atoms with Gasteiger partial charge in [0.05, 0.1) is 28.9 Å². The fourth-order valence-electron chi connectivity index (χ4n) is 3.16. The van der Waals surface area contributed by atoms with E-state index in [1.807, 2.05) is 19.1 Å². The van der Waals surface area contributed by atoms with Crippen LogP contribution in [0.3, 0.4) is 0 Å². The molecule has 0 spiro atoms. The average Bonchev–Trinajstić information content (AvgIpc) is 2.71. The molecule has 2 aromatic rings. The van der Waals surface area contributed by atoms with E-state index in [1.165, 1.54) is 5.69 Å². The number of carbonyl (C=O) groups excluding carboxylic acids is 1. The number of nitrogens with zero attached hydrogens (tertiary/aromatic N) is 2. The van der Waals surface area contributed by atoms with Crippen molar-refractivity contribution in [2.45, 2.75) is 13.0 Å². The quantitative estimate of drug-likeness (QED) is 0.808. The van der Waals surface area contributed by atoms with Gasteiger partial charge in [0.1, 0.15) is 5.75 Å². The Morgan fingerprint density at radius 3 is 2.37 bits per heavy atom. The minimum Gasteiger partial charge on any atom is -0.497 e. The molecule has 0 bridgehead atoms. The molecule has 1 amide bonds. The second-order valence-electron chi connectivity index (χ2n) is 6.49. The number of halogens is 2. The van der Waals surface area contributed by atoms with E-state index < -0.39 is 0 Å². The molecule has 144 valence electrons. The zero-order chi connectivity index (χ0) is 19.4. The maximum absolute atomic E-state index is 12.6. The molecule has 27 heavy (non-hydrogen) atoms. The van der Waals surface area contributed by atoms with E-state index in [1.54, 1.807) is 25.3 Å². The minimum atomic E-state index is -0.252. The number of hydrogen-bond donors (Lipinski definition) is 1. The van der Waals surface area contributed by atoms with E-state index in [4.69, 9.17) is 27.9 Å². The van der Waals surface area contributed by atoms with Crippen molar-refractivity contribution in [2.24, 2.45) is 0 Å². The minimum absolute atomic E-state index is 0.0861. The molecule has 1 N–H and O–H groups in total. The van der Waals surface area contributed by atoms with E-state index in [9.17, 15) is 4.79 Å². The van der Waals surface area contributed by atoms with E-state index in [2.05, 4.69) is 27.2 Å². The Morgan fingerprint density at radius 2 is 1.74 bits per heavy atom. The van der Waals surface area contributed by atoms with Gasteiger partial charge in [-0.05, 0) is 43.3 Å². The standard InChI is InChI=1S/C20H23Cl2N3O2/c1-14(20(26)23-18-5-3-4-17(21)19(18)22)24-10-12-25(13-11-24)15-6-8-16(27-2)9-7-15/h3-9,14H,10-13H2,1-2H3,(H,23,26). The van der Waals surface area contributed by atoms with Crippen LogP contribution in [-0.4, -0.2) is 50.1 Å². The Kier molecular flexibility index (Phi) is 6.47. The van der Waals surface area contributed by atoms with Crippen LogP contribution in [0.1, 0.15) is 6.92 Å². The molecule has 1 aliphatic rings. The van der Waals surface area contributed by atoms with E-state index in [0.717, 1.165) is 31.9 Å².